The highest BCUT2D eigenvalue weighted by atomic mass is 31.3. The molecule has 2 unspecified atom stereocenters. The van der Waals surface area contributed by atoms with E-state index in [9.17, 15) is 48.1 Å². The molecule has 11 rings (SSSR count). The molecule has 24 nitrogen and oxygen atoms in total. The third-order valence-electron chi connectivity index (χ3n) is 14.1. The number of ether oxygens (including phenoxy) is 2. The Morgan fingerprint density at radius 1 is 0.932 bits per heavy atom. The van der Waals surface area contributed by atoms with Crippen LogP contribution in [0.2, 0.25) is 0 Å². The minimum Gasteiger partial charge on any atom is -0.478 e. The summed E-state index contributed by atoms with van der Waals surface area (Å²) in [6, 6.07) is 8.85. The molecule has 2 aromatic heterocycles. The second kappa shape index (κ2) is 19.0. The molecule has 388 valence electrons. The van der Waals surface area contributed by atoms with Gasteiger partial charge >= 0.3 is 29.4 Å². The van der Waals surface area contributed by atoms with Crippen LogP contribution in [0.4, 0.5) is 11.6 Å². The van der Waals surface area contributed by atoms with Crippen LogP contribution < -0.4 is 41.4 Å². The minimum absolute atomic E-state index is 0.0244. The first-order valence-electron chi connectivity index (χ1n) is 23.8. The molecule has 27 heteroatoms. The number of aromatic nitrogens is 3. The number of aliphatic hydroxyl groups excluding tert-OH is 1. The lowest BCUT2D eigenvalue weighted by atomic mass is 9.81. The van der Waals surface area contributed by atoms with Gasteiger partial charge in [0, 0.05) is 77.3 Å². The number of hydrogen-bond acceptors (Lipinski definition) is 15. The van der Waals surface area contributed by atoms with Crippen molar-refractivity contribution in [2.24, 2.45) is 0 Å². The number of nitrogen functional groups attached to an aromatic ring is 1. The molecule has 1 amide bonds. The number of H-pyrrole nitrogens is 1. The van der Waals surface area contributed by atoms with Crippen LogP contribution in [-0.2, 0) is 57.3 Å². The monoisotopic (exact) mass is 1080 g/mol. The smallest absolute Gasteiger partial charge is 0.478 e. The Kier molecular flexibility index (Phi) is 12.9. The van der Waals surface area contributed by atoms with E-state index >= 15 is 0 Å². The average molecular weight is 1080 g/mol. The summed E-state index contributed by atoms with van der Waals surface area (Å²) in [4.78, 5) is 86.7. The molecule has 1 saturated heterocycles. The second-order valence-electron chi connectivity index (χ2n) is 18.8. The molecule has 0 aliphatic carbocycles. The van der Waals surface area contributed by atoms with Crippen molar-refractivity contribution in [2.75, 3.05) is 50.0 Å². The number of hydrogen-bond donors (Lipinski definition) is 9. The number of carbonyl (C=O) groups excluding carboxylic acids is 1. The van der Waals surface area contributed by atoms with Gasteiger partial charge in [0.15, 0.2) is 5.65 Å². The van der Waals surface area contributed by atoms with Gasteiger partial charge in [0.05, 0.1) is 41.3 Å². The molecule has 0 spiro atoms. The zero-order chi connectivity index (χ0) is 52.0. The van der Waals surface area contributed by atoms with Crippen LogP contribution in [0.25, 0.3) is 16.6 Å². The number of amides is 1. The Morgan fingerprint density at radius 2 is 1.68 bits per heavy atom. The first kappa shape index (κ1) is 50.2. The van der Waals surface area contributed by atoms with Crippen LogP contribution >= 0.6 is 23.5 Å². The summed E-state index contributed by atoms with van der Waals surface area (Å²) in [6.45, 7) is 2.66. The van der Waals surface area contributed by atoms with Gasteiger partial charge in [-0.15, -0.1) is 0 Å². The van der Waals surface area contributed by atoms with Gasteiger partial charge in [0.2, 0.25) is 11.3 Å². The van der Waals surface area contributed by atoms with Crippen molar-refractivity contribution in [1.82, 2.24) is 24.4 Å². The fraction of sp³-hybridized carbons (Fsp3) is 0.383. The van der Waals surface area contributed by atoms with Crippen molar-refractivity contribution in [3.05, 3.63) is 108 Å². The summed E-state index contributed by atoms with van der Waals surface area (Å²) in [5, 5.41) is 26.4. The maximum atomic E-state index is 14.1. The topological polar surface area (TPSA) is 348 Å². The summed E-state index contributed by atoms with van der Waals surface area (Å²) in [6.07, 6.45) is 4.48. The van der Waals surface area contributed by atoms with E-state index in [0.29, 0.717) is 11.1 Å². The number of carboxylic acid groups (broad SMARTS) is 1. The maximum Gasteiger partial charge on any atom is 0.490 e. The Balaban J connectivity index is 0.893. The largest absolute Gasteiger partial charge is 0.490 e. The van der Waals surface area contributed by atoms with E-state index in [0.717, 1.165) is 111 Å². The van der Waals surface area contributed by atoms with Gasteiger partial charge in [0.25, 0.3) is 11.5 Å². The van der Waals surface area contributed by atoms with Gasteiger partial charge < -0.3 is 59.8 Å². The predicted octanol–water partition coefficient (Wildman–Crippen LogP) is 2.21. The number of benzene rings is 3. The Hall–Kier alpha value is -6.02. The van der Waals surface area contributed by atoms with Crippen LogP contribution in [0, 0.1) is 11.8 Å². The number of fused-ring (bicyclic) bond motifs is 5. The van der Waals surface area contributed by atoms with E-state index in [-0.39, 0.29) is 46.6 Å². The summed E-state index contributed by atoms with van der Waals surface area (Å²) in [5.74, 6) is 5.20. The highest BCUT2D eigenvalue weighted by Gasteiger charge is 2.44. The van der Waals surface area contributed by atoms with Gasteiger partial charge in [-0.1, -0.05) is 11.8 Å². The first-order valence-corrected chi connectivity index (χ1v) is 28.3. The molecule has 8 heterocycles. The SMILES string of the molecule is Nc1nc2c(c(C#CCNC(=O)c3ccc(C(=O)O)c(C4=c5cc6c7c(c5Oc5c4cc4c8c5CCCN8CCC4)CCC[N+]=7CCC6)c3)cn2[C@H]2C[C@H](O)[C@@H](COP(=O)(O)OP(=O)(O)OP(=O)(O)O)O2)c(=O)[nH]1. The molecule has 6 aliphatic heterocycles. The average Bonchev–Trinajstić information content (AvgIpc) is 3.90. The molecule has 5 aromatic rings. The molecule has 74 heavy (non-hydrogen) atoms. The summed E-state index contributed by atoms with van der Waals surface area (Å²) >= 11 is 0. The highest BCUT2D eigenvalue weighted by Crippen LogP contribution is 2.66. The number of carbonyl (C=O) groups is 2. The van der Waals surface area contributed by atoms with Crippen LogP contribution in [0.15, 0.2) is 41.3 Å². The van der Waals surface area contributed by atoms with Crippen molar-refractivity contribution in [3.63, 3.8) is 0 Å². The number of aliphatic hydroxyl groups is 1. The molecule has 3 aromatic carbocycles. The molecule has 10 N–H and O–H groups in total. The molecule has 5 atom stereocenters. The van der Waals surface area contributed by atoms with Gasteiger partial charge in [-0.05, 0) is 80.0 Å². The van der Waals surface area contributed by atoms with E-state index in [1.54, 1.807) is 6.07 Å². The number of nitrogens with one attached hydrogen (secondary N) is 2. The number of anilines is 2. The first-order chi connectivity index (χ1) is 35.2. The number of aromatic carboxylic acids is 1. The summed E-state index contributed by atoms with van der Waals surface area (Å²) < 4.78 is 64.0. The minimum atomic E-state index is -5.81. The Bertz CT molecular complexity index is 3670. The molecule has 0 radical (unpaired) electrons. The molecular formula is C47H49N7O17P3+. The van der Waals surface area contributed by atoms with E-state index < -0.39 is 65.9 Å². The zero-order valence-corrected chi connectivity index (χ0v) is 41.9. The van der Waals surface area contributed by atoms with Crippen molar-refractivity contribution >= 4 is 63.6 Å². The van der Waals surface area contributed by atoms with Crippen LogP contribution in [0.5, 0.6) is 11.5 Å². The quantitative estimate of drug-likeness (QED) is 0.0482. The van der Waals surface area contributed by atoms with E-state index in [4.69, 9.17) is 25.0 Å². The zero-order valence-electron chi connectivity index (χ0n) is 39.2. The van der Waals surface area contributed by atoms with Crippen LogP contribution in [-0.4, -0.2) is 108 Å². The van der Waals surface area contributed by atoms with Gasteiger partial charge in [-0.25, -0.2) is 23.1 Å². The number of aromatic amines is 1. The van der Waals surface area contributed by atoms with Crippen molar-refractivity contribution in [3.8, 4) is 23.3 Å². The highest BCUT2D eigenvalue weighted by molar-refractivity contribution is 7.66. The number of phosphoric acid groups is 3. The van der Waals surface area contributed by atoms with E-state index in [1.807, 2.05) is 0 Å². The summed E-state index contributed by atoms with van der Waals surface area (Å²) in [5.41, 5.74) is 13.2. The normalized spacial score (nSPS) is 21.3. The Labute approximate surface area is 419 Å². The lowest BCUT2D eigenvalue weighted by molar-refractivity contribution is -0.0421. The number of carboxylic acids is 1. The van der Waals surface area contributed by atoms with Crippen LogP contribution in [0.1, 0.15) is 98.0 Å². The number of nitrogens with two attached hydrogens (primary N) is 1. The fourth-order valence-electron chi connectivity index (χ4n) is 11.2. The predicted molar refractivity (Wildman–Crippen MR) is 262 cm³/mol. The standard InChI is InChI=1S/C47H48N7O17P3/c48-47-50-43-37(45(57)51-47)27(22-54(43)36-21-34(55)35(68-36)23-67-73(63,64)71-74(65,66)70-72(60,61)62)6-1-13-49-44(56)26-11-12-28(46(58)59)31(20-26)38-32-18-24-7-2-14-52-16-4-9-29(39(24)52)41(32)69-42-30-10-5-17-53-15-3-8-25(40(30)53)19-33(38)42/h11-12,18-20,22,34-36,55H,2-5,7-10,13-17,21,23H2,(H8-,48,49,50,51,56,57,58,59,60,61,62,63,64,65,66)/p+1/t34-,35+,36+/m0/s1. The second-order valence-corrected chi connectivity index (χ2v) is 23.2. The number of nitrogens with zero attached hydrogens (tertiary/aromatic N) is 4. The number of phosphoric ester groups is 1. The van der Waals surface area contributed by atoms with Gasteiger partial charge in [-0.2, -0.15) is 13.6 Å². The fourth-order valence-corrected chi connectivity index (χ4v) is 14.3. The van der Waals surface area contributed by atoms with Gasteiger partial charge in [0.1, 0.15) is 36.9 Å². The van der Waals surface area contributed by atoms with Crippen LogP contribution in [0.3, 0.4) is 0 Å². The lowest BCUT2D eigenvalue weighted by Crippen LogP contribution is -2.45. The lowest BCUT2D eigenvalue weighted by Gasteiger charge is -2.39. The Morgan fingerprint density at radius 3 is 2.45 bits per heavy atom. The van der Waals surface area contributed by atoms with E-state index in [1.165, 1.54) is 45.1 Å². The van der Waals surface area contributed by atoms with Crippen molar-refractivity contribution in [2.45, 2.75) is 76.2 Å². The maximum absolute atomic E-state index is 14.1. The molecule has 0 saturated carbocycles. The third kappa shape index (κ3) is 9.42. The third-order valence-corrected chi connectivity index (χ3v) is 17.9. The molecule has 0 bridgehead atoms. The molecular weight excluding hydrogens is 1030 g/mol. The summed E-state index contributed by atoms with van der Waals surface area (Å²) in [7, 11) is -17.0. The van der Waals surface area contributed by atoms with Crippen molar-refractivity contribution < 1.29 is 75.7 Å². The molecule has 1 fully saturated rings. The number of rotatable bonds is 12. The van der Waals surface area contributed by atoms with Crippen molar-refractivity contribution in [1.29, 1.82) is 0 Å². The number of aryl methyl sites for hydroxylation is 2. The molecule has 6 aliphatic rings. The van der Waals surface area contributed by atoms with E-state index in [2.05, 4.69) is 61.9 Å². The van der Waals surface area contributed by atoms with Gasteiger partial charge in [-0.3, -0.25) is 19.1 Å².